The Morgan fingerprint density at radius 2 is 1.86 bits per heavy atom. The number of para-hydroxylation sites is 1. The summed E-state index contributed by atoms with van der Waals surface area (Å²) in [6, 6.07) is 14.8. The van der Waals surface area contributed by atoms with E-state index in [9.17, 15) is 14.7 Å². The molecule has 5 rings (SSSR count). The number of rotatable bonds is 2. The number of halogens is 1. The molecule has 8 heteroatoms. The van der Waals surface area contributed by atoms with E-state index in [1.807, 2.05) is 54.4 Å². The van der Waals surface area contributed by atoms with Crippen molar-refractivity contribution in [3.63, 3.8) is 0 Å². The largest absolute Gasteiger partial charge is 0.502 e. The van der Waals surface area contributed by atoms with Gasteiger partial charge in [-0.15, -0.1) is 0 Å². The number of aromatic nitrogens is 1. The molecule has 7 nitrogen and oxygen atoms in total. The lowest BCUT2D eigenvalue weighted by Crippen LogP contribution is -2.58. The summed E-state index contributed by atoms with van der Waals surface area (Å²) in [6.07, 6.45) is 6.44. The van der Waals surface area contributed by atoms with Gasteiger partial charge in [0, 0.05) is 23.9 Å². The molecule has 2 aliphatic heterocycles. The number of hydrogen-bond donors (Lipinski definition) is 1. The van der Waals surface area contributed by atoms with Crippen LogP contribution in [0, 0.1) is 5.82 Å². The van der Waals surface area contributed by atoms with Crippen molar-refractivity contribution in [2.45, 2.75) is 31.8 Å². The fourth-order valence-electron chi connectivity index (χ4n) is 4.85. The third-order valence-corrected chi connectivity index (χ3v) is 6.61. The third kappa shape index (κ3) is 3.95. The lowest BCUT2D eigenvalue weighted by atomic mass is 9.96. The van der Waals surface area contributed by atoms with Gasteiger partial charge in [0.25, 0.3) is 5.91 Å². The predicted molar refractivity (Wildman–Crippen MR) is 130 cm³/mol. The molecule has 0 spiro atoms. The summed E-state index contributed by atoms with van der Waals surface area (Å²) in [7, 11) is 0. The number of carbonyl (C=O) groups excluding carboxylic acids is 1. The van der Waals surface area contributed by atoms with Crippen LogP contribution in [0.25, 0.3) is 0 Å². The maximum absolute atomic E-state index is 15.1. The smallest absolute Gasteiger partial charge is 0.278 e. The first-order valence-corrected chi connectivity index (χ1v) is 11.6. The van der Waals surface area contributed by atoms with Crippen molar-refractivity contribution >= 4 is 5.91 Å². The zero-order valence-electron chi connectivity index (χ0n) is 19.3. The van der Waals surface area contributed by atoms with Gasteiger partial charge >= 0.3 is 0 Å². The molecule has 1 aromatic heterocycles. The molecule has 2 bridgehead atoms. The molecule has 3 heterocycles. The van der Waals surface area contributed by atoms with Gasteiger partial charge in [0.15, 0.2) is 23.0 Å². The van der Waals surface area contributed by atoms with Crippen molar-refractivity contribution in [3.05, 3.63) is 106 Å². The summed E-state index contributed by atoms with van der Waals surface area (Å²) in [6.45, 7) is 2.34. The molecule has 35 heavy (non-hydrogen) atoms. The first-order chi connectivity index (χ1) is 17.0. The van der Waals surface area contributed by atoms with E-state index < -0.39 is 28.9 Å². The summed E-state index contributed by atoms with van der Waals surface area (Å²) in [5.41, 5.74) is 0.660. The Bertz CT molecular complexity index is 1340. The van der Waals surface area contributed by atoms with E-state index in [0.29, 0.717) is 18.4 Å². The maximum atomic E-state index is 15.1. The number of amides is 1. The first kappa shape index (κ1) is 22.7. The highest BCUT2D eigenvalue weighted by molar-refractivity contribution is 5.96. The molecule has 0 saturated carbocycles. The minimum atomic E-state index is -0.633. The van der Waals surface area contributed by atoms with Crippen LogP contribution < -0.4 is 15.2 Å². The van der Waals surface area contributed by atoms with Crippen molar-refractivity contribution in [3.8, 4) is 11.5 Å². The fraction of sp³-hybridized carbons (Fsp3) is 0.259. The molecule has 0 aliphatic carbocycles. The number of fused-ring (bicyclic) bond motifs is 5. The minimum Gasteiger partial charge on any atom is -0.502 e. The van der Waals surface area contributed by atoms with E-state index in [2.05, 4.69) is 0 Å². The molecule has 1 amide bonds. The van der Waals surface area contributed by atoms with Gasteiger partial charge < -0.3 is 14.7 Å². The second-order valence-electron chi connectivity index (χ2n) is 8.63. The Morgan fingerprint density at radius 3 is 2.63 bits per heavy atom. The molecule has 0 unspecified atom stereocenters. The van der Waals surface area contributed by atoms with E-state index in [4.69, 9.17) is 4.74 Å². The quantitative estimate of drug-likeness (QED) is 0.568. The van der Waals surface area contributed by atoms with Gasteiger partial charge in [-0.05, 0) is 24.5 Å². The van der Waals surface area contributed by atoms with E-state index >= 15 is 4.39 Å². The first-order valence-electron chi connectivity index (χ1n) is 11.6. The van der Waals surface area contributed by atoms with E-state index in [1.165, 1.54) is 23.0 Å². The number of nitrogens with zero attached hydrogens (tertiary/aromatic N) is 3. The summed E-state index contributed by atoms with van der Waals surface area (Å²) in [4.78, 5) is 27.6. The van der Waals surface area contributed by atoms with Crippen LogP contribution in [0.15, 0.2) is 77.7 Å². The van der Waals surface area contributed by atoms with Gasteiger partial charge in [0.1, 0.15) is 19.3 Å². The average Bonchev–Trinajstić information content (AvgIpc) is 2.86. The number of benzene rings is 2. The van der Waals surface area contributed by atoms with Crippen LogP contribution in [0.4, 0.5) is 4.39 Å². The molecule has 0 radical (unpaired) electrons. The Morgan fingerprint density at radius 1 is 1.06 bits per heavy atom. The monoisotopic (exact) mass is 475 g/mol. The van der Waals surface area contributed by atoms with Crippen LogP contribution in [0.2, 0.25) is 0 Å². The van der Waals surface area contributed by atoms with Gasteiger partial charge in [-0.1, -0.05) is 61.5 Å². The van der Waals surface area contributed by atoms with E-state index in [-0.39, 0.29) is 30.8 Å². The van der Waals surface area contributed by atoms with Gasteiger partial charge in [0.2, 0.25) is 5.43 Å². The van der Waals surface area contributed by atoms with Crippen LogP contribution >= 0.6 is 0 Å². The Labute approximate surface area is 202 Å². The van der Waals surface area contributed by atoms with Crippen molar-refractivity contribution in [1.29, 1.82) is 0 Å². The molecule has 0 saturated heterocycles. The van der Waals surface area contributed by atoms with Gasteiger partial charge in [-0.25, -0.2) is 4.39 Å². The van der Waals surface area contributed by atoms with Crippen molar-refractivity contribution < 1.29 is 19.0 Å². The minimum absolute atomic E-state index is 0.108. The molecule has 3 aromatic rings. The maximum Gasteiger partial charge on any atom is 0.278 e. The van der Waals surface area contributed by atoms with Gasteiger partial charge in [0.05, 0.1) is 0 Å². The number of hydrogen-bond acceptors (Lipinski definition) is 5. The summed E-state index contributed by atoms with van der Waals surface area (Å²) in [5, 5.41) is 12.6. The van der Waals surface area contributed by atoms with Gasteiger partial charge in [-0.3, -0.25) is 19.3 Å². The Kier molecular flexibility index (Phi) is 6.03. The lowest BCUT2D eigenvalue weighted by molar-refractivity contribution is 0.0584. The molecule has 0 fully saturated rings. The zero-order valence-corrected chi connectivity index (χ0v) is 19.3. The molecular formula is C27H26FN3O4. The predicted octanol–water partition coefficient (Wildman–Crippen LogP) is 3.95. The zero-order chi connectivity index (χ0) is 24.5. The number of aromatic hydroxyl groups is 1. The molecular weight excluding hydrogens is 449 g/mol. The van der Waals surface area contributed by atoms with Crippen LogP contribution in [-0.4, -0.2) is 39.9 Å². The second kappa shape index (κ2) is 9.29. The summed E-state index contributed by atoms with van der Waals surface area (Å²) >= 11 is 0. The topological polar surface area (TPSA) is 75.0 Å². The highest BCUT2D eigenvalue weighted by atomic mass is 19.1. The third-order valence-electron chi connectivity index (χ3n) is 6.61. The molecule has 2 aliphatic rings. The van der Waals surface area contributed by atoms with Crippen LogP contribution in [0.3, 0.4) is 0 Å². The number of pyridine rings is 1. The van der Waals surface area contributed by atoms with Crippen molar-refractivity contribution in [2.24, 2.45) is 0 Å². The lowest BCUT2D eigenvalue weighted by Gasteiger charge is -2.46. The Balaban J connectivity index is 1.82. The standard InChI is InChI=1S/C27H26FN3O4/c1-2-19-11-6-7-16-35-26-20(12-8-13-21(26)28)23(18-9-4-3-5-10-18)31-17-29(19)27(34)24-25(33)22(32)14-15-30(24)31/h3-10,12-15,19,23,33H,2,11,16-17H2,1H3/b7-6+/t19-,23+/m0/s1. The fourth-order valence-corrected chi connectivity index (χ4v) is 4.85. The number of carbonyl (C=O) groups is 1. The van der Waals surface area contributed by atoms with Crippen molar-refractivity contribution in [2.75, 3.05) is 18.3 Å². The molecule has 1 N–H and O–H groups in total. The van der Waals surface area contributed by atoms with Crippen molar-refractivity contribution in [1.82, 2.24) is 9.58 Å². The molecule has 2 aromatic carbocycles. The van der Waals surface area contributed by atoms with Crippen LogP contribution in [0.1, 0.15) is 47.4 Å². The van der Waals surface area contributed by atoms with E-state index in [0.717, 1.165) is 5.56 Å². The molecule has 2 atom stereocenters. The van der Waals surface area contributed by atoms with Gasteiger partial charge in [-0.2, -0.15) is 0 Å². The highest BCUT2D eigenvalue weighted by Crippen LogP contribution is 2.38. The summed E-state index contributed by atoms with van der Waals surface area (Å²) < 4.78 is 22.5. The molecule has 180 valence electrons. The highest BCUT2D eigenvalue weighted by Gasteiger charge is 2.39. The SMILES string of the molecule is CC[C@H]1C/C=C/COc2c(F)cccc2[C@@H](c2ccccc2)N2CN1C(=O)c1c(O)c(=O)ccn12. The summed E-state index contributed by atoms with van der Waals surface area (Å²) in [5.74, 6) is -1.40. The Hall–Kier alpha value is -4.07. The van der Waals surface area contributed by atoms with Crippen LogP contribution in [-0.2, 0) is 0 Å². The second-order valence-corrected chi connectivity index (χ2v) is 8.63. The van der Waals surface area contributed by atoms with Crippen LogP contribution in [0.5, 0.6) is 11.5 Å². The number of ether oxygens (including phenoxy) is 1. The average molecular weight is 476 g/mol. The van der Waals surface area contributed by atoms with E-state index in [1.54, 1.807) is 17.0 Å². The normalized spacial score (nSPS) is 20.7.